The van der Waals surface area contributed by atoms with Gasteiger partial charge in [0.15, 0.2) is 0 Å². The van der Waals surface area contributed by atoms with E-state index in [9.17, 15) is 48.3 Å². The lowest BCUT2D eigenvalue weighted by atomic mass is 9.70. The lowest BCUT2D eigenvalue weighted by Crippen LogP contribution is -2.85. The molecular formula is C8H5F11O. The van der Waals surface area contributed by atoms with Crippen molar-refractivity contribution in [3.05, 3.63) is 0 Å². The molecule has 1 fully saturated rings. The first kappa shape index (κ1) is 17.2. The number of hydrogen-bond donors (Lipinski definition) is 1. The van der Waals surface area contributed by atoms with Gasteiger partial charge in [0.05, 0.1) is 6.10 Å². The van der Waals surface area contributed by atoms with E-state index in [1.54, 1.807) is 0 Å². The molecule has 0 aromatic carbocycles. The molecule has 120 valence electrons. The predicted octanol–water partition coefficient (Wildman–Crippen LogP) is 3.27. The summed E-state index contributed by atoms with van der Waals surface area (Å²) in [5.74, 6) is -35.5. The van der Waals surface area contributed by atoms with Gasteiger partial charge in [-0.3, -0.25) is 0 Å². The number of aliphatic hydroxyl groups excluding tert-OH is 1. The third kappa shape index (κ3) is 1.29. The first-order chi connectivity index (χ1) is 8.44. The van der Waals surface area contributed by atoms with Crippen molar-refractivity contribution in [1.29, 1.82) is 0 Å². The minimum Gasteiger partial charge on any atom is -0.390 e. The van der Waals surface area contributed by atoms with Crippen molar-refractivity contribution in [2.45, 2.75) is 48.3 Å². The normalized spacial score (nSPS) is 33.5. The van der Waals surface area contributed by atoms with Gasteiger partial charge >= 0.3 is 29.6 Å². The quantitative estimate of drug-likeness (QED) is 0.734. The van der Waals surface area contributed by atoms with Crippen LogP contribution in [-0.2, 0) is 0 Å². The maximum atomic E-state index is 13.5. The van der Waals surface area contributed by atoms with Crippen molar-refractivity contribution in [3.8, 4) is 0 Å². The molecule has 0 aromatic rings. The van der Waals surface area contributed by atoms with Crippen LogP contribution in [0.2, 0.25) is 0 Å². The topological polar surface area (TPSA) is 20.2 Å². The van der Waals surface area contributed by atoms with Crippen molar-refractivity contribution in [2.24, 2.45) is 0 Å². The molecule has 1 aliphatic carbocycles. The lowest BCUT2D eigenvalue weighted by Gasteiger charge is -2.53. The average molecular weight is 326 g/mol. The van der Waals surface area contributed by atoms with Gasteiger partial charge in [-0.15, -0.1) is 0 Å². The summed E-state index contributed by atoms with van der Waals surface area (Å²) < 4.78 is 142. The molecular weight excluding hydrogens is 321 g/mol. The number of aliphatic hydroxyl groups is 1. The second-order valence-electron chi connectivity index (χ2n) is 4.26. The Morgan fingerprint density at radius 2 is 0.750 bits per heavy atom. The van der Waals surface area contributed by atoms with E-state index < -0.39 is 41.4 Å². The van der Waals surface area contributed by atoms with Gasteiger partial charge < -0.3 is 5.11 Å². The Bertz CT molecular complexity index is 383. The van der Waals surface area contributed by atoms with E-state index in [0.29, 0.717) is 0 Å². The average Bonchev–Trinajstić information content (AvgIpc) is 2.24. The largest absolute Gasteiger partial charge is 0.390 e. The van der Waals surface area contributed by atoms with E-state index in [0.717, 1.165) is 0 Å². The Balaban J connectivity index is 3.83. The number of halogens is 11. The third-order valence-electron chi connectivity index (χ3n) is 3.07. The molecule has 0 aromatic heterocycles. The van der Waals surface area contributed by atoms with Crippen LogP contribution in [-0.4, -0.2) is 46.5 Å². The third-order valence-corrected chi connectivity index (χ3v) is 3.07. The highest BCUT2D eigenvalue weighted by Gasteiger charge is 3.01. The second kappa shape index (κ2) is 3.69. The van der Waals surface area contributed by atoms with Gasteiger partial charge in [0.1, 0.15) is 0 Å². The lowest BCUT2D eigenvalue weighted by molar-refractivity contribution is -0.492. The van der Waals surface area contributed by atoms with Gasteiger partial charge in [-0.1, -0.05) is 0 Å². The smallest absolute Gasteiger partial charge is 0.384 e. The number of rotatable bonds is 1. The fourth-order valence-corrected chi connectivity index (χ4v) is 1.77. The molecule has 1 unspecified atom stereocenters. The maximum absolute atomic E-state index is 13.5. The second-order valence-corrected chi connectivity index (χ2v) is 4.26. The number of alkyl halides is 11. The summed E-state index contributed by atoms with van der Waals surface area (Å²) in [7, 11) is 0. The monoisotopic (exact) mass is 326 g/mol. The standard InChI is InChI=1S/C8H5F11O/c1-2(20)3(9)4(10,11)6(14,15)8(18,19)7(16,17)5(3,12)13/h2,20H,1H3. The Morgan fingerprint density at radius 3 is 0.950 bits per heavy atom. The highest BCUT2D eigenvalue weighted by Crippen LogP contribution is 2.70. The van der Waals surface area contributed by atoms with E-state index in [1.807, 2.05) is 0 Å². The summed E-state index contributed by atoms with van der Waals surface area (Å²) >= 11 is 0. The molecule has 1 nitrogen and oxygen atoms in total. The van der Waals surface area contributed by atoms with Crippen LogP contribution in [0.25, 0.3) is 0 Å². The predicted molar refractivity (Wildman–Crippen MR) is 40.3 cm³/mol. The van der Waals surface area contributed by atoms with Gasteiger partial charge in [0.2, 0.25) is 0 Å². The van der Waals surface area contributed by atoms with Crippen molar-refractivity contribution in [3.63, 3.8) is 0 Å². The molecule has 20 heavy (non-hydrogen) atoms. The summed E-state index contributed by atoms with van der Waals surface area (Å²) in [5.41, 5.74) is -6.30. The zero-order chi connectivity index (χ0) is 16.6. The summed E-state index contributed by atoms with van der Waals surface area (Å²) in [5, 5.41) is 8.50. The van der Waals surface area contributed by atoms with Crippen LogP contribution in [0.15, 0.2) is 0 Å². The molecule has 0 spiro atoms. The van der Waals surface area contributed by atoms with Gasteiger partial charge in [-0.25, -0.2) is 4.39 Å². The van der Waals surface area contributed by atoms with E-state index in [1.165, 1.54) is 0 Å². The molecule has 1 rings (SSSR count). The van der Waals surface area contributed by atoms with Gasteiger partial charge in [-0.2, -0.15) is 43.9 Å². The van der Waals surface area contributed by atoms with Crippen LogP contribution in [0.5, 0.6) is 0 Å². The minimum absolute atomic E-state index is 0.266. The molecule has 0 saturated heterocycles. The Kier molecular flexibility index (Phi) is 3.18. The summed E-state index contributed by atoms with van der Waals surface area (Å²) in [4.78, 5) is 0. The van der Waals surface area contributed by atoms with Crippen LogP contribution in [0.4, 0.5) is 48.3 Å². The van der Waals surface area contributed by atoms with Crippen LogP contribution < -0.4 is 0 Å². The van der Waals surface area contributed by atoms with Gasteiger partial charge in [0.25, 0.3) is 5.67 Å². The highest BCUT2D eigenvalue weighted by molar-refractivity contribution is 5.27. The molecule has 0 aliphatic heterocycles. The summed E-state index contributed by atoms with van der Waals surface area (Å²) in [6.45, 7) is -0.266. The number of hydrogen-bond acceptors (Lipinski definition) is 1. The fraction of sp³-hybridized carbons (Fsp3) is 1.00. The first-order valence-corrected chi connectivity index (χ1v) is 4.70. The van der Waals surface area contributed by atoms with Crippen molar-refractivity contribution >= 4 is 0 Å². The molecule has 0 bridgehead atoms. The molecule has 1 saturated carbocycles. The zero-order valence-electron chi connectivity index (χ0n) is 9.18. The summed E-state index contributed by atoms with van der Waals surface area (Å²) in [6.07, 6.45) is -3.79. The zero-order valence-corrected chi connectivity index (χ0v) is 9.18. The van der Waals surface area contributed by atoms with E-state index in [2.05, 4.69) is 0 Å². The van der Waals surface area contributed by atoms with Gasteiger partial charge in [0, 0.05) is 0 Å². The van der Waals surface area contributed by atoms with E-state index in [4.69, 9.17) is 5.11 Å². The molecule has 1 atom stereocenters. The molecule has 0 amide bonds. The maximum Gasteiger partial charge on any atom is 0.384 e. The molecule has 1 N–H and O–H groups in total. The Hall–Kier alpha value is -0.810. The molecule has 12 heteroatoms. The summed E-state index contributed by atoms with van der Waals surface area (Å²) in [6, 6.07) is 0. The van der Waals surface area contributed by atoms with Crippen LogP contribution in [0.1, 0.15) is 6.92 Å². The van der Waals surface area contributed by atoms with E-state index in [-0.39, 0.29) is 6.92 Å². The van der Waals surface area contributed by atoms with Crippen molar-refractivity contribution < 1.29 is 53.4 Å². The van der Waals surface area contributed by atoms with Crippen molar-refractivity contribution in [2.75, 3.05) is 0 Å². The van der Waals surface area contributed by atoms with Crippen molar-refractivity contribution in [1.82, 2.24) is 0 Å². The highest BCUT2D eigenvalue weighted by atomic mass is 19.4. The van der Waals surface area contributed by atoms with Crippen LogP contribution >= 0.6 is 0 Å². The SMILES string of the molecule is CC(O)C1(F)C(F)(F)C(F)(F)C(F)(F)C(F)(F)C1(F)F. The minimum atomic E-state index is -7.24. The fourth-order valence-electron chi connectivity index (χ4n) is 1.77. The van der Waals surface area contributed by atoms with E-state index >= 15 is 0 Å². The van der Waals surface area contributed by atoms with Gasteiger partial charge in [-0.05, 0) is 6.92 Å². The molecule has 1 aliphatic rings. The molecule has 0 heterocycles. The van der Waals surface area contributed by atoms with Crippen LogP contribution in [0.3, 0.4) is 0 Å². The Morgan fingerprint density at radius 1 is 0.550 bits per heavy atom. The molecule has 0 radical (unpaired) electrons. The van der Waals surface area contributed by atoms with Crippen LogP contribution in [0, 0.1) is 0 Å². The Labute approximate surface area is 103 Å². The first-order valence-electron chi connectivity index (χ1n) is 4.70.